The van der Waals surface area contributed by atoms with Gasteiger partial charge in [0, 0.05) is 6.54 Å². The lowest BCUT2D eigenvalue weighted by Gasteiger charge is -2.03. The van der Waals surface area contributed by atoms with Gasteiger partial charge in [-0.25, -0.2) is 9.78 Å². The monoisotopic (exact) mass is 273 g/mol. The van der Waals surface area contributed by atoms with Crippen LogP contribution in [0.3, 0.4) is 0 Å². The van der Waals surface area contributed by atoms with E-state index in [1.54, 1.807) is 6.92 Å². The van der Waals surface area contributed by atoms with Crippen LogP contribution in [0, 0.1) is 6.92 Å². The van der Waals surface area contributed by atoms with Crippen LogP contribution in [0.25, 0.3) is 0 Å². The minimum Gasteiger partial charge on any atom is -0.477 e. The number of hydrogen-bond acceptors (Lipinski definition) is 6. The molecule has 1 heterocycles. The standard InChI is InChI=1S/C10H15N3O4S/c1-6-9(10(15)16)18-8(13-6)4-12-7(14)5-17-3-2-11/h2-5,11H2,1H3,(H,12,14)(H,15,16). The van der Waals surface area contributed by atoms with Gasteiger partial charge in [-0.2, -0.15) is 0 Å². The second-order valence-electron chi connectivity index (χ2n) is 3.45. The van der Waals surface area contributed by atoms with E-state index in [9.17, 15) is 9.59 Å². The Kier molecular flexibility index (Phi) is 5.69. The molecule has 0 aromatic carbocycles. The molecule has 1 aromatic rings. The number of amides is 1. The van der Waals surface area contributed by atoms with Crippen LogP contribution in [-0.2, 0) is 16.1 Å². The number of nitrogens with one attached hydrogen (secondary N) is 1. The molecule has 0 bridgehead atoms. The molecule has 0 aliphatic carbocycles. The lowest BCUT2D eigenvalue weighted by molar-refractivity contribution is -0.125. The van der Waals surface area contributed by atoms with Gasteiger partial charge in [0.05, 0.1) is 18.8 Å². The maximum atomic E-state index is 11.3. The number of hydrogen-bond donors (Lipinski definition) is 3. The fourth-order valence-corrected chi connectivity index (χ4v) is 2.04. The van der Waals surface area contributed by atoms with Gasteiger partial charge in [-0.15, -0.1) is 11.3 Å². The number of carboxylic acids is 1. The molecule has 1 aromatic heterocycles. The maximum Gasteiger partial charge on any atom is 0.347 e. The first-order valence-corrected chi connectivity index (χ1v) is 6.10. The highest BCUT2D eigenvalue weighted by Gasteiger charge is 2.14. The van der Waals surface area contributed by atoms with Gasteiger partial charge in [0.25, 0.3) is 0 Å². The average Bonchev–Trinajstić information content (AvgIpc) is 2.68. The summed E-state index contributed by atoms with van der Waals surface area (Å²) in [7, 11) is 0. The summed E-state index contributed by atoms with van der Waals surface area (Å²) in [4.78, 5) is 26.4. The third kappa shape index (κ3) is 4.40. The van der Waals surface area contributed by atoms with E-state index >= 15 is 0 Å². The summed E-state index contributed by atoms with van der Waals surface area (Å²) in [5, 5.41) is 12.0. The number of nitrogens with zero attached hydrogens (tertiary/aromatic N) is 1. The molecule has 0 aliphatic rings. The second kappa shape index (κ2) is 7.04. The van der Waals surface area contributed by atoms with E-state index in [0.29, 0.717) is 23.9 Å². The molecule has 0 atom stereocenters. The zero-order valence-corrected chi connectivity index (χ0v) is 10.7. The molecule has 7 nitrogen and oxygen atoms in total. The number of thiazole rings is 1. The number of nitrogens with two attached hydrogens (primary N) is 1. The Morgan fingerprint density at radius 1 is 1.56 bits per heavy atom. The van der Waals surface area contributed by atoms with Crippen molar-refractivity contribution in [2.24, 2.45) is 5.73 Å². The van der Waals surface area contributed by atoms with E-state index in [-0.39, 0.29) is 23.9 Å². The Hall–Kier alpha value is -1.51. The summed E-state index contributed by atoms with van der Waals surface area (Å²) in [6, 6.07) is 0. The summed E-state index contributed by atoms with van der Waals surface area (Å²) < 4.78 is 4.95. The average molecular weight is 273 g/mol. The van der Waals surface area contributed by atoms with Crippen LogP contribution in [-0.4, -0.2) is 41.7 Å². The van der Waals surface area contributed by atoms with E-state index in [1.165, 1.54) is 0 Å². The van der Waals surface area contributed by atoms with Crippen molar-refractivity contribution in [1.29, 1.82) is 0 Å². The Morgan fingerprint density at radius 3 is 2.83 bits per heavy atom. The molecule has 0 fully saturated rings. The van der Waals surface area contributed by atoms with Crippen LogP contribution in [0.2, 0.25) is 0 Å². The van der Waals surface area contributed by atoms with Gasteiger partial charge >= 0.3 is 5.97 Å². The van der Waals surface area contributed by atoms with Crippen LogP contribution in [0.1, 0.15) is 20.4 Å². The van der Waals surface area contributed by atoms with Crippen molar-refractivity contribution in [2.45, 2.75) is 13.5 Å². The normalized spacial score (nSPS) is 10.3. The molecular weight excluding hydrogens is 258 g/mol. The van der Waals surface area contributed by atoms with Gasteiger partial charge in [-0.3, -0.25) is 4.79 Å². The van der Waals surface area contributed by atoms with Gasteiger partial charge in [0.2, 0.25) is 5.91 Å². The van der Waals surface area contributed by atoms with E-state index in [2.05, 4.69) is 10.3 Å². The zero-order valence-electron chi connectivity index (χ0n) is 9.93. The molecule has 0 aliphatic heterocycles. The molecule has 1 amide bonds. The maximum absolute atomic E-state index is 11.3. The number of rotatable bonds is 7. The van der Waals surface area contributed by atoms with E-state index in [1.807, 2.05) is 0 Å². The van der Waals surface area contributed by atoms with Crippen molar-refractivity contribution < 1.29 is 19.4 Å². The first kappa shape index (κ1) is 14.6. The Balaban J connectivity index is 2.41. The van der Waals surface area contributed by atoms with Crippen molar-refractivity contribution in [3.63, 3.8) is 0 Å². The van der Waals surface area contributed by atoms with Crippen LogP contribution in [0.15, 0.2) is 0 Å². The molecule has 18 heavy (non-hydrogen) atoms. The topological polar surface area (TPSA) is 115 Å². The van der Waals surface area contributed by atoms with Crippen LogP contribution < -0.4 is 11.1 Å². The summed E-state index contributed by atoms with van der Waals surface area (Å²) >= 11 is 1.05. The molecule has 0 unspecified atom stereocenters. The number of aryl methyl sites for hydroxylation is 1. The predicted molar refractivity (Wildman–Crippen MR) is 65.5 cm³/mol. The molecule has 0 spiro atoms. The predicted octanol–water partition coefficient (Wildman–Crippen LogP) is -0.259. The minimum absolute atomic E-state index is 0.0622. The molecule has 8 heteroatoms. The fraction of sp³-hybridized carbons (Fsp3) is 0.500. The minimum atomic E-state index is -1.01. The quantitative estimate of drug-likeness (QED) is 0.590. The number of carboxylic acid groups (broad SMARTS) is 1. The highest BCUT2D eigenvalue weighted by atomic mass is 32.1. The highest BCUT2D eigenvalue weighted by Crippen LogP contribution is 2.17. The second-order valence-corrected chi connectivity index (χ2v) is 4.53. The Morgan fingerprint density at radius 2 is 2.28 bits per heavy atom. The van der Waals surface area contributed by atoms with Gasteiger partial charge in [0.1, 0.15) is 16.5 Å². The van der Waals surface area contributed by atoms with Crippen molar-refractivity contribution in [2.75, 3.05) is 19.8 Å². The first-order valence-electron chi connectivity index (χ1n) is 5.28. The largest absolute Gasteiger partial charge is 0.477 e. The molecular formula is C10H15N3O4S. The molecule has 100 valence electrons. The van der Waals surface area contributed by atoms with Crippen molar-refractivity contribution in [3.8, 4) is 0 Å². The number of aromatic nitrogens is 1. The summed E-state index contributed by atoms with van der Waals surface area (Å²) in [5.41, 5.74) is 5.66. The van der Waals surface area contributed by atoms with E-state index in [0.717, 1.165) is 11.3 Å². The van der Waals surface area contributed by atoms with E-state index in [4.69, 9.17) is 15.6 Å². The number of carbonyl (C=O) groups excluding carboxylic acids is 1. The SMILES string of the molecule is Cc1nc(CNC(=O)COCCN)sc1C(=O)O. The van der Waals surface area contributed by atoms with Crippen LogP contribution in [0.5, 0.6) is 0 Å². The number of aromatic carboxylic acids is 1. The molecule has 0 radical (unpaired) electrons. The van der Waals surface area contributed by atoms with Gasteiger partial charge < -0.3 is 20.9 Å². The van der Waals surface area contributed by atoms with Gasteiger partial charge in [-0.1, -0.05) is 0 Å². The molecule has 4 N–H and O–H groups in total. The summed E-state index contributed by atoms with van der Waals surface area (Å²) in [6.45, 7) is 2.44. The van der Waals surface area contributed by atoms with Crippen molar-refractivity contribution >= 4 is 23.2 Å². The molecule has 0 saturated heterocycles. The van der Waals surface area contributed by atoms with Gasteiger partial charge in [-0.05, 0) is 6.92 Å². The highest BCUT2D eigenvalue weighted by molar-refractivity contribution is 7.13. The first-order chi connectivity index (χ1) is 8.54. The fourth-order valence-electron chi connectivity index (χ4n) is 1.20. The molecule has 0 saturated carbocycles. The smallest absolute Gasteiger partial charge is 0.347 e. The third-order valence-electron chi connectivity index (χ3n) is 1.97. The zero-order chi connectivity index (χ0) is 13.5. The van der Waals surface area contributed by atoms with Crippen LogP contribution >= 0.6 is 11.3 Å². The third-order valence-corrected chi connectivity index (χ3v) is 3.11. The number of carbonyl (C=O) groups is 2. The lowest BCUT2D eigenvalue weighted by atomic mass is 10.4. The van der Waals surface area contributed by atoms with E-state index < -0.39 is 5.97 Å². The van der Waals surface area contributed by atoms with Crippen LogP contribution in [0.4, 0.5) is 0 Å². The Bertz CT molecular complexity index is 433. The van der Waals surface area contributed by atoms with Gasteiger partial charge in [0.15, 0.2) is 0 Å². The van der Waals surface area contributed by atoms with Crippen molar-refractivity contribution in [1.82, 2.24) is 10.3 Å². The van der Waals surface area contributed by atoms with Crippen molar-refractivity contribution in [3.05, 3.63) is 15.6 Å². The lowest BCUT2D eigenvalue weighted by Crippen LogP contribution is -2.28. The Labute approximate surface area is 108 Å². The molecule has 1 rings (SSSR count). The summed E-state index contributed by atoms with van der Waals surface area (Å²) in [5.74, 6) is -1.29. The summed E-state index contributed by atoms with van der Waals surface area (Å²) in [6.07, 6.45) is 0. The number of ether oxygens (including phenoxy) is 1.